The number of nitrogens with zero attached hydrogens (tertiary/aromatic N) is 4. The summed E-state index contributed by atoms with van der Waals surface area (Å²) in [7, 11) is 0. The highest BCUT2D eigenvalue weighted by Gasteiger charge is 2.24. The van der Waals surface area contributed by atoms with Crippen molar-refractivity contribution in [1.29, 1.82) is 0 Å². The van der Waals surface area contributed by atoms with Crippen molar-refractivity contribution in [3.05, 3.63) is 16.9 Å². The Kier molecular flexibility index (Phi) is 6.18. The molecule has 0 bridgehead atoms. The van der Waals surface area contributed by atoms with Gasteiger partial charge in [-0.2, -0.15) is 0 Å². The molecule has 23 heavy (non-hydrogen) atoms. The van der Waals surface area contributed by atoms with Crippen molar-refractivity contribution >= 4 is 27.6 Å². The molecule has 1 aromatic heterocycles. The second kappa shape index (κ2) is 8.56. The second-order valence-electron chi connectivity index (χ2n) is 5.57. The fourth-order valence-electron chi connectivity index (χ4n) is 2.38. The fraction of sp³-hybridized carbons (Fsp3) is 0.667. The minimum Gasteiger partial charge on any atom is -0.396 e. The van der Waals surface area contributed by atoms with E-state index in [-0.39, 0.29) is 6.29 Å². The van der Waals surface area contributed by atoms with Gasteiger partial charge in [-0.1, -0.05) is 5.16 Å². The molecule has 3 rings (SSSR count). The number of anilines is 1. The maximum absolute atomic E-state index is 5.64. The van der Waals surface area contributed by atoms with Gasteiger partial charge in [0.1, 0.15) is 6.61 Å². The van der Waals surface area contributed by atoms with Crippen molar-refractivity contribution in [1.82, 2.24) is 9.97 Å². The van der Waals surface area contributed by atoms with Crippen LogP contribution < -0.4 is 4.90 Å². The average molecular weight is 385 g/mol. The molecule has 0 aromatic carbocycles. The van der Waals surface area contributed by atoms with E-state index >= 15 is 0 Å². The molecule has 0 saturated carbocycles. The number of rotatable bonds is 7. The molecule has 8 heteroatoms. The van der Waals surface area contributed by atoms with Crippen LogP contribution in [0.2, 0.25) is 0 Å². The Morgan fingerprint density at radius 3 is 2.83 bits per heavy atom. The maximum atomic E-state index is 5.64. The topological polar surface area (TPSA) is 69.1 Å². The smallest absolute Gasteiger partial charge is 0.226 e. The summed E-state index contributed by atoms with van der Waals surface area (Å²) in [6.07, 6.45) is 7.60. The van der Waals surface area contributed by atoms with Crippen LogP contribution >= 0.6 is 15.9 Å². The van der Waals surface area contributed by atoms with Gasteiger partial charge in [0, 0.05) is 25.4 Å². The van der Waals surface area contributed by atoms with Crippen LogP contribution in [0.3, 0.4) is 0 Å². The molecule has 0 radical (unpaired) electrons. The Morgan fingerprint density at radius 1 is 1.26 bits per heavy atom. The summed E-state index contributed by atoms with van der Waals surface area (Å²) in [6, 6.07) is 0. The van der Waals surface area contributed by atoms with Gasteiger partial charge in [0.15, 0.2) is 6.29 Å². The minimum atomic E-state index is -0.0267. The zero-order chi connectivity index (χ0) is 15.9. The molecule has 1 unspecified atom stereocenters. The Labute approximate surface area is 144 Å². The lowest BCUT2D eigenvalue weighted by molar-refractivity contribution is -0.164. The summed E-state index contributed by atoms with van der Waals surface area (Å²) in [5, 5.41) is 4.13. The highest BCUT2D eigenvalue weighted by atomic mass is 79.9. The van der Waals surface area contributed by atoms with Gasteiger partial charge >= 0.3 is 0 Å². The highest BCUT2D eigenvalue weighted by molar-refractivity contribution is 9.10. The predicted octanol–water partition coefficient (Wildman–Crippen LogP) is 2.37. The molecule has 2 fully saturated rings. The molecule has 2 aliphatic heterocycles. The van der Waals surface area contributed by atoms with Crippen LogP contribution in [-0.2, 0) is 14.3 Å². The van der Waals surface area contributed by atoms with Crippen molar-refractivity contribution in [3.8, 4) is 0 Å². The van der Waals surface area contributed by atoms with E-state index in [0.29, 0.717) is 32.3 Å². The van der Waals surface area contributed by atoms with E-state index in [4.69, 9.17) is 14.3 Å². The van der Waals surface area contributed by atoms with E-state index in [2.05, 4.69) is 31.1 Å². The molecule has 0 aliphatic carbocycles. The lowest BCUT2D eigenvalue weighted by Crippen LogP contribution is -2.48. The number of hydrogen-bond donors (Lipinski definition) is 0. The number of halogens is 1. The number of aromatic nitrogens is 2. The van der Waals surface area contributed by atoms with Gasteiger partial charge in [-0.25, -0.2) is 9.97 Å². The molecule has 1 atom stereocenters. The molecule has 3 heterocycles. The summed E-state index contributed by atoms with van der Waals surface area (Å²) < 4.78 is 12.0. The normalized spacial score (nSPS) is 21.0. The van der Waals surface area contributed by atoms with Crippen molar-refractivity contribution in [2.45, 2.75) is 32.0 Å². The highest BCUT2D eigenvalue weighted by Crippen LogP contribution is 2.16. The van der Waals surface area contributed by atoms with Gasteiger partial charge in [-0.15, -0.1) is 0 Å². The first-order valence-electron chi connectivity index (χ1n) is 7.94. The number of hydrogen-bond acceptors (Lipinski definition) is 7. The number of ether oxygens (including phenoxy) is 2. The zero-order valence-corrected chi connectivity index (χ0v) is 14.6. The van der Waals surface area contributed by atoms with Crippen LogP contribution in [0.25, 0.3) is 0 Å². The van der Waals surface area contributed by atoms with Gasteiger partial charge in [0.05, 0.1) is 29.9 Å². The lowest BCUT2D eigenvalue weighted by atomic mass is 10.2. The van der Waals surface area contributed by atoms with Crippen LogP contribution in [0.4, 0.5) is 5.95 Å². The summed E-state index contributed by atoms with van der Waals surface area (Å²) in [6.45, 7) is 3.45. The predicted molar refractivity (Wildman–Crippen MR) is 89.5 cm³/mol. The summed E-state index contributed by atoms with van der Waals surface area (Å²) in [4.78, 5) is 15.8. The standard InChI is InChI=1S/C15H21BrN4O3/c16-12-8-17-15(18-9-12)20-10-13(11-20)19-23-7-3-6-22-14-4-1-2-5-21-14/h8-9,14H,1-7,10-11H2. The van der Waals surface area contributed by atoms with Gasteiger partial charge < -0.3 is 19.2 Å². The van der Waals surface area contributed by atoms with E-state index in [1.165, 1.54) is 6.42 Å². The van der Waals surface area contributed by atoms with E-state index in [1.807, 2.05) is 4.90 Å². The molecule has 0 N–H and O–H groups in total. The van der Waals surface area contributed by atoms with Crippen molar-refractivity contribution in [2.24, 2.45) is 5.16 Å². The monoisotopic (exact) mass is 384 g/mol. The molecule has 0 spiro atoms. The lowest BCUT2D eigenvalue weighted by Gasteiger charge is -2.31. The van der Waals surface area contributed by atoms with Crippen molar-refractivity contribution < 1.29 is 14.3 Å². The van der Waals surface area contributed by atoms with Crippen LogP contribution in [0.15, 0.2) is 22.0 Å². The molecular weight excluding hydrogens is 364 g/mol. The first-order valence-corrected chi connectivity index (χ1v) is 8.74. The second-order valence-corrected chi connectivity index (χ2v) is 6.48. The average Bonchev–Trinajstić information content (AvgIpc) is 2.54. The van der Waals surface area contributed by atoms with E-state index in [1.54, 1.807) is 12.4 Å². The third kappa shape index (κ3) is 5.12. The fourth-order valence-corrected chi connectivity index (χ4v) is 2.58. The molecule has 7 nitrogen and oxygen atoms in total. The minimum absolute atomic E-state index is 0.0267. The molecule has 2 saturated heterocycles. The SMILES string of the molecule is Brc1cnc(N2CC(=NOCCCOC3CCCCO3)C2)nc1. The summed E-state index contributed by atoms with van der Waals surface area (Å²) in [5.41, 5.74) is 1.01. The Morgan fingerprint density at radius 2 is 2.09 bits per heavy atom. The Hall–Kier alpha value is -1.25. The van der Waals surface area contributed by atoms with Crippen LogP contribution in [0, 0.1) is 0 Å². The quantitative estimate of drug-likeness (QED) is 0.530. The van der Waals surface area contributed by atoms with Gasteiger partial charge in [0.25, 0.3) is 0 Å². The van der Waals surface area contributed by atoms with Gasteiger partial charge in [-0.3, -0.25) is 0 Å². The van der Waals surface area contributed by atoms with Crippen LogP contribution in [-0.4, -0.2) is 54.9 Å². The third-order valence-corrected chi connectivity index (χ3v) is 4.06. The van der Waals surface area contributed by atoms with Gasteiger partial charge in [0.2, 0.25) is 5.95 Å². The summed E-state index contributed by atoms with van der Waals surface area (Å²) in [5.74, 6) is 0.716. The Bertz CT molecular complexity index is 512. The summed E-state index contributed by atoms with van der Waals surface area (Å²) >= 11 is 3.32. The molecule has 126 valence electrons. The largest absolute Gasteiger partial charge is 0.396 e. The first kappa shape index (κ1) is 16.6. The van der Waals surface area contributed by atoms with Crippen LogP contribution in [0.1, 0.15) is 25.7 Å². The number of oxime groups is 1. The molecule has 1 aromatic rings. The maximum Gasteiger partial charge on any atom is 0.226 e. The van der Waals surface area contributed by atoms with E-state index < -0.39 is 0 Å². The van der Waals surface area contributed by atoms with Crippen LogP contribution in [0.5, 0.6) is 0 Å². The van der Waals surface area contributed by atoms with E-state index in [9.17, 15) is 0 Å². The van der Waals surface area contributed by atoms with Crippen molar-refractivity contribution in [2.75, 3.05) is 37.8 Å². The van der Waals surface area contributed by atoms with Gasteiger partial charge in [-0.05, 0) is 35.2 Å². The molecule has 2 aliphatic rings. The van der Waals surface area contributed by atoms with E-state index in [0.717, 1.165) is 36.1 Å². The molecular formula is C15H21BrN4O3. The Balaban J connectivity index is 1.25. The molecule has 0 amide bonds. The first-order chi connectivity index (χ1) is 11.3. The van der Waals surface area contributed by atoms with Crippen molar-refractivity contribution in [3.63, 3.8) is 0 Å². The zero-order valence-electron chi connectivity index (χ0n) is 13.0. The third-order valence-electron chi connectivity index (χ3n) is 3.65.